The molecule has 0 unspecified atom stereocenters. The minimum Gasteiger partial charge on any atom is -0.360 e. The van der Waals surface area contributed by atoms with Crippen LogP contribution >= 0.6 is 0 Å². The van der Waals surface area contributed by atoms with E-state index >= 15 is 0 Å². The van der Waals surface area contributed by atoms with E-state index in [1.165, 1.54) is 10.6 Å². The number of rotatable bonds is 6. The summed E-state index contributed by atoms with van der Waals surface area (Å²) in [5, 5.41) is 0. The molecule has 2 aliphatic rings. The molecule has 4 rings (SSSR count). The van der Waals surface area contributed by atoms with Crippen molar-refractivity contribution in [1.82, 2.24) is 4.90 Å². The predicted molar refractivity (Wildman–Crippen MR) is 118 cm³/mol. The van der Waals surface area contributed by atoms with Gasteiger partial charge in [-0.25, -0.2) is 8.42 Å². The second-order valence-electron chi connectivity index (χ2n) is 8.31. The number of nitrogens with one attached hydrogen (secondary N) is 1. The Morgan fingerprint density at radius 3 is 2.23 bits per heavy atom. The van der Waals surface area contributed by atoms with Gasteiger partial charge in [-0.2, -0.15) is 0 Å². The third kappa shape index (κ3) is 5.21. The first-order valence-corrected chi connectivity index (χ1v) is 12.5. The van der Waals surface area contributed by atoms with Crippen molar-refractivity contribution in [2.24, 2.45) is 0 Å². The molecule has 1 N–H and O–H groups in total. The third-order valence-corrected chi connectivity index (χ3v) is 7.91. The number of amides is 1. The third-order valence-electron chi connectivity index (χ3n) is 6.16. The number of carbonyl (C=O) groups is 1. The van der Waals surface area contributed by atoms with Gasteiger partial charge in [-0.05, 0) is 24.1 Å². The lowest BCUT2D eigenvalue weighted by Crippen LogP contribution is -3.16. The monoisotopic (exact) mass is 428 g/mol. The summed E-state index contributed by atoms with van der Waals surface area (Å²) in [6.07, 6.45) is 0.540. The normalized spacial score (nSPS) is 21.5. The van der Waals surface area contributed by atoms with Crippen molar-refractivity contribution < 1.29 is 18.1 Å². The van der Waals surface area contributed by atoms with Crippen LogP contribution in [0.5, 0.6) is 0 Å². The van der Waals surface area contributed by atoms with E-state index in [1.807, 2.05) is 41.3 Å². The summed E-state index contributed by atoms with van der Waals surface area (Å²) < 4.78 is 24.1. The number of para-hydroxylation sites is 1. The molecule has 6 nitrogen and oxygen atoms in total. The van der Waals surface area contributed by atoms with Crippen molar-refractivity contribution in [3.8, 4) is 0 Å². The molecule has 2 aliphatic heterocycles. The van der Waals surface area contributed by atoms with E-state index in [1.54, 1.807) is 0 Å². The van der Waals surface area contributed by atoms with Gasteiger partial charge in [0.2, 0.25) is 0 Å². The Labute approximate surface area is 179 Å². The Morgan fingerprint density at radius 2 is 1.63 bits per heavy atom. The fraction of sp³-hybridized carbons (Fsp3) is 0.435. The summed E-state index contributed by atoms with van der Waals surface area (Å²) in [4.78, 5) is 18.7. The van der Waals surface area contributed by atoms with Gasteiger partial charge in [0, 0.05) is 18.3 Å². The van der Waals surface area contributed by atoms with Crippen molar-refractivity contribution in [1.29, 1.82) is 0 Å². The maximum Gasteiger partial charge on any atom is 0.278 e. The van der Waals surface area contributed by atoms with Crippen molar-refractivity contribution in [3.05, 3.63) is 66.2 Å². The van der Waals surface area contributed by atoms with Crippen molar-refractivity contribution >= 4 is 21.4 Å². The van der Waals surface area contributed by atoms with Crippen LogP contribution in [0.15, 0.2) is 60.7 Å². The first-order chi connectivity index (χ1) is 14.5. The zero-order chi connectivity index (χ0) is 21.0. The highest BCUT2D eigenvalue weighted by molar-refractivity contribution is 7.91. The number of piperazine rings is 1. The molecule has 0 radical (unpaired) electrons. The fourth-order valence-electron chi connectivity index (χ4n) is 4.43. The molecular formula is C23H30N3O3S+. The van der Waals surface area contributed by atoms with Gasteiger partial charge in [-0.15, -0.1) is 0 Å². The smallest absolute Gasteiger partial charge is 0.278 e. The molecule has 2 aromatic carbocycles. The van der Waals surface area contributed by atoms with E-state index in [4.69, 9.17) is 0 Å². The SMILES string of the molecule is O=C(C[NH+]1CCN(c2ccccc2)CC1)N(Cc1ccccc1)[C@H]1CCS(=O)(=O)C1. The van der Waals surface area contributed by atoms with Crippen molar-refractivity contribution in [2.75, 3.05) is 49.1 Å². The summed E-state index contributed by atoms with van der Waals surface area (Å²) in [6, 6.07) is 20.0. The van der Waals surface area contributed by atoms with Crippen LogP contribution in [0.2, 0.25) is 0 Å². The molecule has 0 bridgehead atoms. The van der Waals surface area contributed by atoms with Gasteiger partial charge in [-0.3, -0.25) is 4.79 Å². The average Bonchev–Trinajstić information content (AvgIpc) is 3.13. The van der Waals surface area contributed by atoms with Crippen molar-refractivity contribution in [3.63, 3.8) is 0 Å². The lowest BCUT2D eigenvalue weighted by Gasteiger charge is -2.35. The lowest BCUT2D eigenvalue weighted by molar-refractivity contribution is -0.892. The van der Waals surface area contributed by atoms with Crippen LogP contribution in [0.4, 0.5) is 5.69 Å². The van der Waals surface area contributed by atoms with Crippen LogP contribution in [0.1, 0.15) is 12.0 Å². The minimum absolute atomic E-state index is 0.0594. The molecule has 2 heterocycles. The zero-order valence-electron chi connectivity index (χ0n) is 17.2. The first-order valence-electron chi connectivity index (χ1n) is 10.7. The highest BCUT2D eigenvalue weighted by Crippen LogP contribution is 2.20. The van der Waals surface area contributed by atoms with E-state index in [0.29, 0.717) is 19.5 Å². The zero-order valence-corrected chi connectivity index (χ0v) is 18.1. The molecule has 30 heavy (non-hydrogen) atoms. The van der Waals surface area contributed by atoms with Crippen LogP contribution in [-0.2, 0) is 21.2 Å². The van der Waals surface area contributed by atoms with Gasteiger partial charge < -0.3 is 14.7 Å². The van der Waals surface area contributed by atoms with Crippen LogP contribution in [0.3, 0.4) is 0 Å². The molecular weight excluding hydrogens is 398 g/mol. The van der Waals surface area contributed by atoms with E-state index < -0.39 is 9.84 Å². The molecule has 0 aliphatic carbocycles. The van der Waals surface area contributed by atoms with Crippen LogP contribution < -0.4 is 9.80 Å². The molecule has 2 saturated heterocycles. The summed E-state index contributed by atoms with van der Waals surface area (Å²) in [5.74, 6) is 0.325. The van der Waals surface area contributed by atoms with Gasteiger partial charge in [0.15, 0.2) is 16.4 Å². The van der Waals surface area contributed by atoms with Gasteiger partial charge in [-0.1, -0.05) is 48.5 Å². The van der Waals surface area contributed by atoms with E-state index in [2.05, 4.69) is 29.2 Å². The van der Waals surface area contributed by atoms with E-state index in [-0.39, 0.29) is 23.5 Å². The number of hydrogen-bond acceptors (Lipinski definition) is 4. The Bertz CT molecular complexity index is 942. The number of sulfone groups is 1. The quantitative estimate of drug-likeness (QED) is 0.732. The number of hydrogen-bond donors (Lipinski definition) is 1. The molecule has 0 spiro atoms. The summed E-state index contributed by atoms with van der Waals surface area (Å²) in [7, 11) is -3.04. The Hall–Kier alpha value is -2.38. The predicted octanol–water partition coefficient (Wildman–Crippen LogP) is 0.607. The topological polar surface area (TPSA) is 62.1 Å². The van der Waals surface area contributed by atoms with E-state index in [0.717, 1.165) is 31.7 Å². The molecule has 0 saturated carbocycles. The standard InChI is InChI=1S/C23H29N3O3S/c27-23(18-24-12-14-25(15-13-24)21-9-5-2-6-10-21)26(17-20-7-3-1-4-8-20)22-11-16-30(28,29)19-22/h1-10,22H,11-19H2/p+1/t22-/m0/s1. The lowest BCUT2D eigenvalue weighted by atomic mass is 10.1. The van der Waals surface area contributed by atoms with Gasteiger partial charge >= 0.3 is 0 Å². The molecule has 1 atom stereocenters. The largest absolute Gasteiger partial charge is 0.360 e. The molecule has 2 fully saturated rings. The summed E-state index contributed by atoms with van der Waals surface area (Å²) in [6.45, 7) is 4.55. The summed E-state index contributed by atoms with van der Waals surface area (Å²) >= 11 is 0. The average molecular weight is 429 g/mol. The molecule has 1 amide bonds. The first kappa shape index (κ1) is 20.9. The second kappa shape index (κ2) is 9.18. The molecule has 2 aromatic rings. The second-order valence-corrected chi connectivity index (χ2v) is 10.5. The maximum atomic E-state index is 13.3. The fourth-order valence-corrected chi connectivity index (χ4v) is 6.17. The Morgan fingerprint density at radius 1 is 1.00 bits per heavy atom. The Kier molecular flexibility index (Phi) is 6.39. The van der Waals surface area contributed by atoms with Crippen LogP contribution in [0.25, 0.3) is 0 Å². The highest BCUT2D eigenvalue weighted by atomic mass is 32.2. The van der Waals surface area contributed by atoms with E-state index in [9.17, 15) is 13.2 Å². The summed E-state index contributed by atoms with van der Waals surface area (Å²) in [5.41, 5.74) is 2.27. The van der Waals surface area contributed by atoms with Crippen molar-refractivity contribution in [2.45, 2.75) is 19.0 Å². The maximum absolute atomic E-state index is 13.3. The highest BCUT2D eigenvalue weighted by Gasteiger charge is 2.36. The van der Waals surface area contributed by atoms with Crippen LogP contribution in [0, 0.1) is 0 Å². The minimum atomic E-state index is -3.04. The molecule has 160 valence electrons. The number of quaternary nitrogens is 1. The number of carbonyl (C=O) groups excluding carboxylic acids is 1. The Balaban J connectivity index is 1.39. The van der Waals surface area contributed by atoms with Crippen LogP contribution in [-0.4, -0.2) is 69.5 Å². The molecule has 7 heteroatoms. The number of anilines is 1. The van der Waals surface area contributed by atoms with Gasteiger partial charge in [0.1, 0.15) is 0 Å². The number of benzene rings is 2. The van der Waals surface area contributed by atoms with Gasteiger partial charge in [0.25, 0.3) is 5.91 Å². The van der Waals surface area contributed by atoms with Gasteiger partial charge in [0.05, 0.1) is 37.7 Å². The molecule has 0 aromatic heterocycles. The number of nitrogens with zero attached hydrogens (tertiary/aromatic N) is 2.